The van der Waals surface area contributed by atoms with E-state index in [0.717, 1.165) is 0 Å². The maximum Gasteiger partial charge on any atom is 0.306 e. The number of hydrogen-bond donors (Lipinski definition) is 0. The van der Waals surface area contributed by atoms with Gasteiger partial charge in [0.15, 0.2) is 0 Å². The van der Waals surface area contributed by atoms with Crippen LogP contribution in [0.25, 0.3) is 0 Å². The number of carbonyl (C=O) groups is 6. The van der Waals surface area contributed by atoms with E-state index in [0.29, 0.717) is 25.4 Å². The molecule has 0 aromatic carbocycles. The van der Waals surface area contributed by atoms with Crippen molar-refractivity contribution in [3.05, 3.63) is 0 Å². The molecule has 34 heavy (non-hydrogen) atoms. The predicted molar refractivity (Wildman–Crippen MR) is 115 cm³/mol. The van der Waals surface area contributed by atoms with Gasteiger partial charge >= 0.3 is 23.9 Å². The van der Waals surface area contributed by atoms with Crippen molar-refractivity contribution in [1.82, 2.24) is 0 Å². The van der Waals surface area contributed by atoms with E-state index in [1.807, 2.05) is 0 Å². The average molecular weight is 491 g/mol. The minimum absolute atomic E-state index is 0.0405. The normalized spacial score (nSPS) is 10.2. The number of aldehydes is 2. The molecule has 0 amide bonds. The highest BCUT2D eigenvalue weighted by molar-refractivity contribution is 5.73. The van der Waals surface area contributed by atoms with Gasteiger partial charge in [0.25, 0.3) is 0 Å². The molecule has 0 fully saturated rings. The van der Waals surface area contributed by atoms with E-state index in [9.17, 15) is 28.8 Å². The minimum Gasteiger partial charge on any atom is -0.463 e. The van der Waals surface area contributed by atoms with Gasteiger partial charge in [-0.25, -0.2) is 0 Å². The highest BCUT2D eigenvalue weighted by Crippen LogP contribution is 2.03. The molecule has 0 radical (unpaired) electrons. The lowest BCUT2D eigenvalue weighted by atomic mass is 10.2. The number of esters is 4. The number of unbranched alkanes of at least 4 members (excludes halogenated alkanes) is 1. The highest BCUT2D eigenvalue weighted by Gasteiger charge is 2.07. The summed E-state index contributed by atoms with van der Waals surface area (Å²) in [5.41, 5.74) is 0. The van der Waals surface area contributed by atoms with Crippen molar-refractivity contribution < 1.29 is 57.2 Å². The van der Waals surface area contributed by atoms with Crippen LogP contribution >= 0.6 is 0 Å². The topological polar surface area (TPSA) is 158 Å². The number of rotatable bonds is 23. The molecule has 0 aliphatic heterocycles. The molecule has 12 heteroatoms. The van der Waals surface area contributed by atoms with E-state index in [1.165, 1.54) is 0 Å². The lowest BCUT2D eigenvalue weighted by Crippen LogP contribution is -2.15. The van der Waals surface area contributed by atoms with Gasteiger partial charge in [-0.15, -0.1) is 0 Å². The van der Waals surface area contributed by atoms with Crippen LogP contribution in [0.3, 0.4) is 0 Å². The van der Waals surface area contributed by atoms with Gasteiger partial charge in [0.2, 0.25) is 0 Å². The monoisotopic (exact) mass is 490 g/mol. The Labute approximate surface area is 198 Å². The first-order chi connectivity index (χ1) is 16.5. The molecule has 12 nitrogen and oxygen atoms in total. The lowest BCUT2D eigenvalue weighted by molar-refractivity contribution is -0.149. The smallest absolute Gasteiger partial charge is 0.306 e. The van der Waals surface area contributed by atoms with Crippen LogP contribution < -0.4 is 0 Å². The Bertz CT molecular complexity index is 553. The summed E-state index contributed by atoms with van der Waals surface area (Å²) in [4.78, 5) is 65.7. The van der Waals surface area contributed by atoms with Crippen LogP contribution in [0.4, 0.5) is 0 Å². The van der Waals surface area contributed by atoms with Crippen molar-refractivity contribution in [2.75, 3.05) is 52.9 Å². The molecule has 194 valence electrons. The maximum atomic E-state index is 11.6. The summed E-state index contributed by atoms with van der Waals surface area (Å²) < 4.78 is 29.9. The van der Waals surface area contributed by atoms with Crippen molar-refractivity contribution in [1.29, 1.82) is 0 Å². The lowest BCUT2D eigenvalue weighted by Gasteiger charge is -2.08. The van der Waals surface area contributed by atoms with E-state index in [-0.39, 0.29) is 91.4 Å². The summed E-state index contributed by atoms with van der Waals surface area (Å²) in [5, 5.41) is 0. The quantitative estimate of drug-likeness (QED) is 0.0856. The molecule has 0 aliphatic carbocycles. The summed E-state index contributed by atoms with van der Waals surface area (Å²) in [6.07, 6.45) is 2.88. The minimum atomic E-state index is -0.470. The zero-order valence-electron chi connectivity index (χ0n) is 19.4. The molecular formula is C22H34O12. The maximum absolute atomic E-state index is 11.6. The van der Waals surface area contributed by atoms with Gasteiger partial charge in [-0.1, -0.05) is 0 Å². The highest BCUT2D eigenvalue weighted by atomic mass is 16.6. The number of carbonyl (C=O) groups excluding carboxylic acids is 6. The fraction of sp³-hybridized carbons (Fsp3) is 0.727. The van der Waals surface area contributed by atoms with Gasteiger partial charge in [0.1, 0.15) is 39.0 Å². The van der Waals surface area contributed by atoms with Crippen LogP contribution in [0, 0.1) is 0 Å². The summed E-state index contributed by atoms with van der Waals surface area (Å²) in [7, 11) is 0. The molecule has 0 spiro atoms. The largest absolute Gasteiger partial charge is 0.463 e. The van der Waals surface area contributed by atoms with Crippen molar-refractivity contribution in [3.8, 4) is 0 Å². The number of hydrogen-bond acceptors (Lipinski definition) is 12. The Kier molecular flexibility index (Phi) is 21.3. The van der Waals surface area contributed by atoms with Gasteiger partial charge in [-0.2, -0.15) is 0 Å². The number of ether oxygens (including phenoxy) is 6. The Morgan fingerprint density at radius 2 is 0.735 bits per heavy atom. The molecule has 0 saturated carbocycles. The first-order valence-electron chi connectivity index (χ1n) is 11.1. The van der Waals surface area contributed by atoms with Gasteiger partial charge < -0.3 is 38.0 Å². The second-order valence-electron chi connectivity index (χ2n) is 6.72. The Morgan fingerprint density at radius 3 is 1.03 bits per heavy atom. The zero-order chi connectivity index (χ0) is 25.3. The van der Waals surface area contributed by atoms with Gasteiger partial charge in [0.05, 0.1) is 39.3 Å². The summed E-state index contributed by atoms with van der Waals surface area (Å²) in [6.45, 7) is 0.902. The molecule has 0 aliphatic rings. The van der Waals surface area contributed by atoms with Crippen LogP contribution in [0.5, 0.6) is 0 Å². The van der Waals surface area contributed by atoms with E-state index in [1.54, 1.807) is 0 Å². The Morgan fingerprint density at radius 1 is 0.441 bits per heavy atom. The fourth-order valence-electron chi connectivity index (χ4n) is 2.24. The molecule has 0 rings (SSSR count). The average Bonchev–Trinajstić information content (AvgIpc) is 2.82. The van der Waals surface area contributed by atoms with Crippen molar-refractivity contribution in [2.24, 2.45) is 0 Å². The first-order valence-corrected chi connectivity index (χ1v) is 11.1. The van der Waals surface area contributed by atoms with E-state index < -0.39 is 23.9 Å². The molecule has 0 aromatic rings. The second kappa shape index (κ2) is 23.3. The first kappa shape index (κ1) is 31.1. The molecular weight excluding hydrogens is 456 g/mol. The standard InChI is InChI=1S/C22H34O12/c23-9-3-7-21(27)33-17-13-29-11-15-31-19(25)5-1-2-6-20(26)32-16-12-30-14-18-34-22(28)8-4-10-24/h9-10H,1-8,11-18H2. The Balaban J connectivity index is 3.42. The van der Waals surface area contributed by atoms with Crippen LogP contribution in [0.1, 0.15) is 51.4 Å². The molecule has 0 N–H and O–H groups in total. The summed E-state index contributed by atoms with van der Waals surface area (Å²) in [5.74, 6) is -1.75. The van der Waals surface area contributed by atoms with Crippen LogP contribution in [-0.2, 0) is 57.2 Å². The molecule has 0 saturated heterocycles. The molecule has 0 bridgehead atoms. The molecule has 0 unspecified atom stereocenters. The van der Waals surface area contributed by atoms with E-state index >= 15 is 0 Å². The van der Waals surface area contributed by atoms with Gasteiger partial charge in [0, 0.05) is 25.7 Å². The van der Waals surface area contributed by atoms with Gasteiger partial charge in [-0.05, 0) is 12.8 Å². The molecule has 0 aromatic heterocycles. The third-order valence-electron chi connectivity index (χ3n) is 3.91. The van der Waals surface area contributed by atoms with Crippen molar-refractivity contribution >= 4 is 36.4 Å². The molecule has 0 atom stereocenters. The zero-order valence-corrected chi connectivity index (χ0v) is 19.4. The third kappa shape index (κ3) is 22.3. The van der Waals surface area contributed by atoms with Crippen LogP contribution in [0.2, 0.25) is 0 Å². The van der Waals surface area contributed by atoms with E-state index in [2.05, 4.69) is 0 Å². The predicted octanol–water partition coefficient (Wildman–Crippen LogP) is 0.711. The SMILES string of the molecule is O=CCCC(=O)OCCOCCOC(=O)CCCCC(=O)OCCOCCOC(=O)CCC=O. The van der Waals surface area contributed by atoms with Gasteiger partial charge in [-0.3, -0.25) is 19.2 Å². The third-order valence-corrected chi connectivity index (χ3v) is 3.91. The molecule has 0 heterocycles. The van der Waals surface area contributed by atoms with Crippen molar-refractivity contribution in [2.45, 2.75) is 51.4 Å². The van der Waals surface area contributed by atoms with E-state index in [4.69, 9.17) is 28.4 Å². The second-order valence-corrected chi connectivity index (χ2v) is 6.72. The van der Waals surface area contributed by atoms with Crippen LogP contribution in [-0.4, -0.2) is 89.3 Å². The summed E-state index contributed by atoms with van der Waals surface area (Å²) >= 11 is 0. The Hall–Kier alpha value is -2.86. The summed E-state index contributed by atoms with van der Waals surface area (Å²) in [6, 6.07) is 0. The fourth-order valence-corrected chi connectivity index (χ4v) is 2.24. The van der Waals surface area contributed by atoms with Crippen LogP contribution in [0.15, 0.2) is 0 Å². The van der Waals surface area contributed by atoms with Crippen molar-refractivity contribution in [3.63, 3.8) is 0 Å².